The lowest BCUT2D eigenvalue weighted by atomic mass is 10.2. The van der Waals surface area contributed by atoms with Crippen molar-refractivity contribution in [2.24, 2.45) is 4.99 Å². The zero-order valence-corrected chi connectivity index (χ0v) is 16.5. The molecule has 0 amide bonds. The van der Waals surface area contributed by atoms with Gasteiger partial charge in [-0.1, -0.05) is 18.2 Å². The highest BCUT2D eigenvalue weighted by Crippen LogP contribution is 2.32. The van der Waals surface area contributed by atoms with Gasteiger partial charge < -0.3 is 24.8 Å². The number of aliphatic imine (C=N–C) groups is 1. The van der Waals surface area contributed by atoms with Gasteiger partial charge >= 0.3 is 6.61 Å². The summed E-state index contributed by atoms with van der Waals surface area (Å²) in [5, 5.41) is 6.05. The van der Waals surface area contributed by atoms with Crippen LogP contribution in [0.3, 0.4) is 0 Å². The lowest BCUT2D eigenvalue weighted by Crippen LogP contribution is -2.36. The average Bonchev–Trinajstić information content (AvgIpc) is 2.70. The molecule has 0 bridgehead atoms. The molecule has 0 saturated carbocycles. The van der Waals surface area contributed by atoms with Gasteiger partial charge in [0.1, 0.15) is 0 Å². The summed E-state index contributed by atoms with van der Waals surface area (Å²) in [4.78, 5) is 4.08. The van der Waals surface area contributed by atoms with E-state index < -0.39 is 12.4 Å². The Kier molecular flexibility index (Phi) is 8.45. The molecule has 0 aliphatic carbocycles. The molecule has 0 unspecified atom stereocenters. The van der Waals surface area contributed by atoms with E-state index in [4.69, 9.17) is 9.47 Å². The van der Waals surface area contributed by atoms with Crippen molar-refractivity contribution in [1.29, 1.82) is 0 Å². The molecule has 0 spiro atoms. The Hall–Kier alpha value is -3.10. The molecule has 9 heteroatoms. The van der Waals surface area contributed by atoms with Gasteiger partial charge in [0.25, 0.3) is 0 Å². The van der Waals surface area contributed by atoms with Crippen LogP contribution in [0.5, 0.6) is 17.2 Å². The molecule has 2 rings (SSSR count). The van der Waals surface area contributed by atoms with E-state index in [0.717, 1.165) is 0 Å². The lowest BCUT2D eigenvalue weighted by molar-refractivity contribution is -0.0520. The number of nitrogens with zero attached hydrogens (tertiary/aromatic N) is 1. The highest BCUT2D eigenvalue weighted by molar-refractivity contribution is 5.79. The Morgan fingerprint density at radius 3 is 2.48 bits per heavy atom. The molecule has 6 nitrogen and oxygen atoms in total. The maximum atomic E-state index is 13.8. The van der Waals surface area contributed by atoms with Gasteiger partial charge in [-0.25, -0.2) is 4.39 Å². The molecule has 0 heterocycles. The normalized spacial score (nSPS) is 11.3. The number of halogens is 3. The van der Waals surface area contributed by atoms with Gasteiger partial charge in [-0.05, 0) is 30.7 Å². The van der Waals surface area contributed by atoms with E-state index in [1.54, 1.807) is 38.2 Å². The number of benzene rings is 2. The van der Waals surface area contributed by atoms with Crippen LogP contribution in [-0.4, -0.2) is 33.3 Å². The van der Waals surface area contributed by atoms with Crippen molar-refractivity contribution in [1.82, 2.24) is 10.6 Å². The van der Waals surface area contributed by atoms with Crippen molar-refractivity contribution in [3.63, 3.8) is 0 Å². The second-order valence-corrected chi connectivity index (χ2v) is 5.80. The van der Waals surface area contributed by atoms with Crippen LogP contribution in [0, 0.1) is 5.82 Å². The summed E-state index contributed by atoms with van der Waals surface area (Å²) >= 11 is 0. The van der Waals surface area contributed by atoms with E-state index in [2.05, 4.69) is 20.4 Å². The SMILES string of the molecule is CCOc1cccc(CNC(=NC)NCc2ccc(OC)c(F)c2)c1OC(F)F. The smallest absolute Gasteiger partial charge is 0.387 e. The third kappa shape index (κ3) is 6.48. The van der Waals surface area contributed by atoms with E-state index in [0.29, 0.717) is 30.2 Å². The summed E-state index contributed by atoms with van der Waals surface area (Å²) < 4.78 is 54.3. The predicted octanol–water partition coefficient (Wildman–Crippen LogP) is 3.70. The first-order chi connectivity index (χ1) is 14.0. The molecular formula is C20H24F3N3O3. The minimum absolute atomic E-state index is 0.0236. The van der Waals surface area contributed by atoms with E-state index >= 15 is 0 Å². The minimum atomic E-state index is -2.97. The van der Waals surface area contributed by atoms with Crippen LogP contribution >= 0.6 is 0 Å². The molecule has 0 fully saturated rings. The van der Waals surface area contributed by atoms with E-state index in [1.807, 2.05) is 0 Å². The highest BCUT2D eigenvalue weighted by Gasteiger charge is 2.16. The monoisotopic (exact) mass is 411 g/mol. The lowest BCUT2D eigenvalue weighted by Gasteiger charge is -2.17. The number of alkyl halides is 2. The molecule has 0 aromatic heterocycles. The van der Waals surface area contributed by atoms with Gasteiger partial charge in [-0.15, -0.1) is 0 Å². The van der Waals surface area contributed by atoms with Crippen molar-refractivity contribution < 1.29 is 27.4 Å². The van der Waals surface area contributed by atoms with Crippen LogP contribution < -0.4 is 24.8 Å². The summed E-state index contributed by atoms with van der Waals surface area (Å²) in [7, 11) is 2.96. The number of para-hydroxylation sites is 1. The first-order valence-corrected chi connectivity index (χ1v) is 8.94. The van der Waals surface area contributed by atoms with Gasteiger partial charge in [0.05, 0.1) is 13.7 Å². The maximum absolute atomic E-state index is 13.8. The Morgan fingerprint density at radius 2 is 1.86 bits per heavy atom. The van der Waals surface area contributed by atoms with E-state index in [-0.39, 0.29) is 23.8 Å². The number of nitrogens with one attached hydrogen (secondary N) is 2. The molecule has 158 valence electrons. The molecule has 0 atom stereocenters. The summed E-state index contributed by atoms with van der Waals surface area (Å²) in [5.41, 5.74) is 1.17. The van der Waals surface area contributed by atoms with Gasteiger partial charge in [-0.2, -0.15) is 8.78 Å². The van der Waals surface area contributed by atoms with Crippen molar-refractivity contribution in [3.05, 3.63) is 53.3 Å². The van der Waals surface area contributed by atoms with Crippen molar-refractivity contribution in [2.45, 2.75) is 26.6 Å². The molecule has 0 aliphatic rings. The fraction of sp³-hybridized carbons (Fsp3) is 0.350. The topological polar surface area (TPSA) is 64.1 Å². The zero-order chi connectivity index (χ0) is 21.2. The Bertz CT molecular complexity index is 832. The number of hydrogen-bond acceptors (Lipinski definition) is 4. The standard InChI is InChI=1S/C20H24F3N3O3/c1-4-28-17-7-5-6-14(18(17)29-19(22)23)12-26-20(24-2)25-11-13-8-9-16(27-3)15(21)10-13/h5-10,19H,4,11-12H2,1-3H3,(H2,24,25,26). The largest absolute Gasteiger partial charge is 0.494 e. The van der Waals surface area contributed by atoms with Crippen LogP contribution in [0.15, 0.2) is 41.4 Å². The first-order valence-electron chi connectivity index (χ1n) is 8.94. The van der Waals surface area contributed by atoms with Crippen LogP contribution in [0.25, 0.3) is 0 Å². The fourth-order valence-corrected chi connectivity index (χ4v) is 2.60. The molecule has 2 aromatic carbocycles. The van der Waals surface area contributed by atoms with Crippen molar-refractivity contribution in [3.8, 4) is 17.2 Å². The summed E-state index contributed by atoms with van der Waals surface area (Å²) in [6.45, 7) is -0.430. The summed E-state index contributed by atoms with van der Waals surface area (Å²) in [6, 6.07) is 9.53. The zero-order valence-electron chi connectivity index (χ0n) is 16.5. The molecular weight excluding hydrogens is 387 g/mol. The quantitative estimate of drug-likeness (QED) is 0.487. The van der Waals surface area contributed by atoms with E-state index in [1.165, 1.54) is 19.2 Å². The predicted molar refractivity (Wildman–Crippen MR) is 104 cm³/mol. The van der Waals surface area contributed by atoms with Gasteiger partial charge in [0.15, 0.2) is 29.0 Å². The Morgan fingerprint density at radius 1 is 1.10 bits per heavy atom. The number of methoxy groups -OCH3 is 1. The Balaban J connectivity index is 2.03. The highest BCUT2D eigenvalue weighted by atomic mass is 19.3. The van der Waals surface area contributed by atoms with Crippen LogP contribution in [0.2, 0.25) is 0 Å². The average molecular weight is 411 g/mol. The molecule has 2 N–H and O–H groups in total. The van der Waals surface area contributed by atoms with Gasteiger partial charge in [-0.3, -0.25) is 4.99 Å². The van der Waals surface area contributed by atoms with Crippen LogP contribution in [0.4, 0.5) is 13.2 Å². The second kappa shape index (κ2) is 11.0. The maximum Gasteiger partial charge on any atom is 0.387 e. The van der Waals surface area contributed by atoms with Gasteiger partial charge in [0, 0.05) is 25.7 Å². The van der Waals surface area contributed by atoms with Crippen molar-refractivity contribution in [2.75, 3.05) is 20.8 Å². The first kappa shape index (κ1) is 22.2. The van der Waals surface area contributed by atoms with Crippen molar-refractivity contribution >= 4 is 5.96 Å². The molecule has 0 saturated heterocycles. The summed E-state index contributed by atoms with van der Waals surface area (Å²) in [6.07, 6.45) is 0. The minimum Gasteiger partial charge on any atom is -0.494 e. The molecule has 2 aromatic rings. The number of rotatable bonds is 9. The van der Waals surface area contributed by atoms with Crippen LogP contribution in [0.1, 0.15) is 18.1 Å². The van der Waals surface area contributed by atoms with Gasteiger partial charge in [0.2, 0.25) is 0 Å². The molecule has 0 aliphatic heterocycles. The third-order valence-corrected chi connectivity index (χ3v) is 3.91. The molecule has 0 radical (unpaired) electrons. The second-order valence-electron chi connectivity index (χ2n) is 5.80. The number of hydrogen-bond donors (Lipinski definition) is 2. The Labute approximate surface area is 167 Å². The molecule has 29 heavy (non-hydrogen) atoms. The van der Waals surface area contributed by atoms with E-state index in [9.17, 15) is 13.2 Å². The number of guanidine groups is 1. The number of ether oxygens (including phenoxy) is 3. The summed E-state index contributed by atoms with van der Waals surface area (Å²) in [5.74, 6) is 0.326. The third-order valence-electron chi connectivity index (χ3n) is 3.91. The fourth-order valence-electron chi connectivity index (χ4n) is 2.60. The van der Waals surface area contributed by atoms with Crippen LogP contribution in [-0.2, 0) is 13.1 Å².